The van der Waals surface area contributed by atoms with Crippen molar-refractivity contribution in [2.45, 2.75) is 20.3 Å². The van der Waals surface area contributed by atoms with E-state index < -0.39 is 4.67 Å². The van der Waals surface area contributed by atoms with Gasteiger partial charge in [0.2, 0.25) is 4.67 Å². The molecule has 0 aromatic heterocycles. The molecule has 1 rings (SSSR count). The molecule has 0 aromatic rings. The fraction of sp³-hybridized carbons (Fsp3) is 0.667. The van der Waals surface area contributed by atoms with Crippen LogP contribution in [-0.2, 0) is 25.9 Å². The summed E-state index contributed by atoms with van der Waals surface area (Å²) in [6, 6.07) is 0. The van der Waals surface area contributed by atoms with Crippen LogP contribution in [0.15, 0.2) is 11.8 Å². The van der Waals surface area contributed by atoms with Gasteiger partial charge in [0.1, 0.15) is 6.26 Å². The molecule has 0 saturated carbocycles. The number of carbonyl (C=O) groups excluding carboxylic acids is 1. The van der Waals surface area contributed by atoms with E-state index in [-0.39, 0.29) is 5.97 Å². The smallest absolute Gasteiger partial charge is 0.337 e. The Balaban J connectivity index is 2.62. The number of ether oxygens (including phenoxy) is 1. The zero-order chi connectivity index (χ0) is 12.0. The minimum atomic E-state index is -1.92. The van der Waals surface area contributed by atoms with E-state index in [0.717, 1.165) is 11.5 Å². The SMILES string of the molecule is CCSP(=S)(OC=C1CCOC1=O)SCC. The molecule has 1 saturated heterocycles. The molecule has 16 heavy (non-hydrogen) atoms. The van der Waals surface area contributed by atoms with Crippen LogP contribution in [0.2, 0.25) is 0 Å². The average molecular weight is 298 g/mol. The van der Waals surface area contributed by atoms with Gasteiger partial charge in [0, 0.05) is 6.42 Å². The first-order valence-corrected chi connectivity index (χ1v) is 10.9. The third-order valence-electron chi connectivity index (χ3n) is 1.77. The Hall–Kier alpha value is 0.360. The van der Waals surface area contributed by atoms with Crippen molar-refractivity contribution < 1.29 is 14.1 Å². The summed E-state index contributed by atoms with van der Waals surface area (Å²) in [6.45, 7) is 4.57. The second-order valence-corrected chi connectivity index (χ2v) is 14.0. The summed E-state index contributed by atoms with van der Waals surface area (Å²) in [5.74, 6) is 1.58. The number of rotatable bonds is 6. The van der Waals surface area contributed by atoms with Crippen LogP contribution in [0.1, 0.15) is 20.3 Å². The molecule has 92 valence electrons. The van der Waals surface area contributed by atoms with Gasteiger partial charge in [-0.25, -0.2) is 4.79 Å². The van der Waals surface area contributed by atoms with Crippen LogP contribution in [0.4, 0.5) is 0 Å². The van der Waals surface area contributed by atoms with Gasteiger partial charge in [-0.15, -0.1) is 0 Å². The van der Waals surface area contributed by atoms with E-state index in [1.54, 1.807) is 22.8 Å². The van der Waals surface area contributed by atoms with Gasteiger partial charge in [-0.05, 0) is 23.3 Å². The summed E-state index contributed by atoms with van der Waals surface area (Å²) in [4.78, 5) is 11.2. The van der Waals surface area contributed by atoms with Gasteiger partial charge in [0.25, 0.3) is 0 Å². The van der Waals surface area contributed by atoms with Gasteiger partial charge >= 0.3 is 5.97 Å². The summed E-state index contributed by atoms with van der Waals surface area (Å²) >= 11 is 8.81. The number of hydrogen-bond acceptors (Lipinski definition) is 6. The zero-order valence-electron chi connectivity index (χ0n) is 9.30. The van der Waals surface area contributed by atoms with E-state index in [0.29, 0.717) is 18.6 Å². The molecule has 0 amide bonds. The van der Waals surface area contributed by atoms with E-state index in [9.17, 15) is 4.79 Å². The first-order valence-electron chi connectivity index (χ1n) is 5.05. The maximum absolute atomic E-state index is 11.2. The lowest BCUT2D eigenvalue weighted by molar-refractivity contribution is -0.135. The minimum absolute atomic E-state index is 0.274. The van der Waals surface area contributed by atoms with Crippen LogP contribution in [0.3, 0.4) is 0 Å². The molecule has 7 heteroatoms. The van der Waals surface area contributed by atoms with Crippen molar-refractivity contribution in [3.8, 4) is 0 Å². The highest BCUT2D eigenvalue weighted by atomic mass is 33.2. The molecule has 0 bridgehead atoms. The van der Waals surface area contributed by atoms with Crippen LogP contribution >= 0.6 is 27.4 Å². The quantitative estimate of drug-likeness (QED) is 0.323. The maximum atomic E-state index is 11.2. The monoisotopic (exact) mass is 298 g/mol. The molecular formula is C9H15O3PS3. The van der Waals surface area contributed by atoms with Crippen LogP contribution in [0.25, 0.3) is 0 Å². The van der Waals surface area contributed by atoms with Crippen molar-refractivity contribution in [1.29, 1.82) is 0 Å². The summed E-state index contributed by atoms with van der Waals surface area (Å²) in [7, 11) is 0. The van der Waals surface area contributed by atoms with Crippen molar-refractivity contribution in [3.05, 3.63) is 11.8 Å². The average Bonchev–Trinajstić information content (AvgIpc) is 2.62. The summed E-state index contributed by atoms with van der Waals surface area (Å²) in [5.41, 5.74) is 0.600. The minimum Gasteiger partial charge on any atom is -0.462 e. The molecule has 0 N–H and O–H groups in total. The van der Waals surface area contributed by atoms with Crippen LogP contribution in [0.5, 0.6) is 0 Å². The maximum Gasteiger partial charge on any atom is 0.337 e. The Morgan fingerprint density at radius 3 is 2.56 bits per heavy atom. The molecule has 0 spiro atoms. The first kappa shape index (κ1) is 14.4. The first-order chi connectivity index (χ1) is 7.61. The fourth-order valence-electron chi connectivity index (χ4n) is 1.10. The largest absolute Gasteiger partial charge is 0.462 e. The Morgan fingerprint density at radius 1 is 1.50 bits per heavy atom. The highest BCUT2D eigenvalue weighted by Crippen LogP contribution is 2.70. The molecule has 1 fully saturated rings. The molecule has 1 aliphatic rings. The molecule has 3 nitrogen and oxygen atoms in total. The molecule has 0 radical (unpaired) electrons. The lowest BCUT2D eigenvalue weighted by atomic mass is 10.3. The van der Waals surface area contributed by atoms with Gasteiger partial charge in [-0.2, -0.15) is 0 Å². The fourth-order valence-corrected chi connectivity index (χ4v) is 9.52. The van der Waals surface area contributed by atoms with Crippen molar-refractivity contribution in [2.24, 2.45) is 0 Å². The topological polar surface area (TPSA) is 35.5 Å². The molecule has 0 atom stereocenters. The Morgan fingerprint density at radius 2 is 2.12 bits per heavy atom. The summed E-state index contributed by atoms with van der Waals surface area (Å²) in [5, 5.41) is 0. The van der Waals surface area contributed by atoms with Gasteiger partial charge in [-0.1, -0.05) is 36.6 Å². The lowest BCUT2D eigenvalue weighted by Crippen LogP contribution is -1.94. The Kier molecular flexibility index (Phi) is 6.26. The number of hydrogen-bond donors (Lipinski definition) is 0. The van der Waals surface area contributed by atoms with E-state index >= 15 is 0 Å². The van der Waals surface area contributed by atoms with Crippen molar-refractivity contribution >= 4 is 45.2 Å². The summed E-state index contributed by atoms with van der Waals surface area (Å²) in [6.07, 6.45) is 2.14. The molecule has 0 aromatic carbocycles. The third-order valence-corrected chi connectivity index (χ3v) is 11.3. The molecule has 1 heterocycles. The van der Waals surface area contributed by atoms with Crippen molar-refractivity contribution in [1.82, 2.24) is 0 Å². The van der Waals surface area contributed by atoms with E-state index in [1.165, 1.54) is 6.26 Å². The van der Waals surface area contributed by atoms with Crippen LogP contribution < -0.4 is 0 Å². The van der Waals surface area contributed by atoms with Crippen molar-refractivity contribution in [2.75, 3.05) is 18.1 Å². The van der Waals surface area contributed by atoms with Gasteiger partial charge < -0.3 is 9.26 Å². The van der Waals surface area contributed by atoms with Crippen molar-refractivity contribution in [3.63, 3.8) is 0 Å². The number of carbonyl (C=O) groups is 1. The molecule has 0 aliphatic carbocycles. The lowest BCUT2D eigenvalue weighted by Gasteiger charge is -2.18. The summed E-state index contributed by atoms with van der Waals surface area (Å²) < 4.78 is 8.57. The highest BCUT2D eigenvalue weighted by molar-refractivity contribution is 8.99. The standard InChI is InChI=1S/C9H15O3PS3/c1-3-15-13(14,16-4-2)12-7-8-5-6-11-9(8)10/h7H,3-6H2,1-2H3. The molecule has 0 unspecified atom stereocenters. The second kappa shape index (κ2) is 6.94. The predicted molar refractivity (Wildman–Crippen MR) is 75.3 cm³/mol. The zero-order valence-corrected chi connectivity index (χ0v) is 12.6. The number of esters is 1. The van der Waals surface area contributed by atoms with E-state index in [4.69, 9.17) is 21.1 Å². The van der Waals surface area contributed by atoms with Gasteiger partial charge in [-0.3, -0.25) is 0 Å². The highest BCUT2D eigenvalue weighted by Gasteiger charge is 2.22. The van der Waals surface area contributed by atoms with E-state index in [2.05, 4.69) is 13.8 Å². The third kappa shape index (κ3) is 4.32. The van der Waals surface area contributed by atoms with Crippen LogP contribution in [0, 0.1) is 0 Å². The van der Waals surface area contributed by atoms with Gasteiger partial charge in [0.05, 0.1) is 12.2 Å². The van der Waals surface area contributed by atoms with Crippen LogP contribution in [-0.4, -0.2) is 24.1 Å². The normalized spacial score (nSPS) is 18.9. The Labute approximate surface area is 109 Å². The second-order valence-electron chi connectivity index (χ2n) is 2.92. The number of cyclic esters (lactones) is 1. The van der Waals surface area contributed by atoms with E-state index in [1.807, 2.05) is 0 Å². The predicted octanol–water partition coefficient (Wildman–Crippen LogP) is 3.56. The Bertz CT molecular complexity index is 320. The van der Waals surface area contributed by atoms with Gasteiger partial charge in [0.15, 0.2) is 0 Å². The molecule has 1 aliphatic heterocycles. The molecular weight excluding hydrogens is 283 g/mol.